The smallest absolute Gasteiger partial charge is 0.338 e. The van der Waals surface area contributed by atoms with E-state index in [1.807, 2.05) is 19.1 Å². The van der Waals surface area contributed by atoms with E-state index in [-0.39, 0.29) is 11.3 Å². The molecular formula is C14H12N2O3. The fraction of sp³-hybridized carbons (Fsp3) is 0.0714. The number of carbonyl (C=O) groups excluding carboxylic acids is 1. The van der Waals surface area contributed by atoms with Crippen molar-refractivity contribution in [2.45, 2.75) is 6.92 Å². The van der Waals surface area contributed by atoms with E-state index in [0.29, 0.717) is 5.69 Å². The van der Waals surface area contributed by atoms with E-state index >= 15 is 0 Å². The van der Waals surface area contributed by atoms with Crippen molar-refractivity contribution >= 4 is 17.6 Å². The Kier molecular flexibility index (Phi) is 3.56. The van der Waals surface area contributed by atoms with Crippen LogP contribution in [0.3, 0.4) is 0 Å². The fourth-order valence-corrected chi connectivity index (χ4v) is 1.67. The van der Waals surface area contributed by atoms with Crippen molar-refractivity contribution in [3.8, 4) is 0 Å². The monoisotopic (exact) mass is 256 g/mol. The maximum Gasteiger partial charge on any atom is 0.338 e. The second-order valence-electron chi connectivity index (χ2n) is 4.03. The number of carbonyl (C=O) groups is 2. The van der Waals surface area contributed by atoms with Crippen LogP contribution in [0.2, 0.25) is 0 Å². The molecule has 1 aromatic carbocycles. The molecule has 2 aromatic rings. The molecule has 19 heavy (non-hydrogen) atoms. The van der Waals surface area contributed by atoms with Crippen LogP contribution < -0.4 is 5.32 Å². The third-order valence-corrected chi connectivity index (χ3v) is 2.53. The van der Waals surface area contributed by atoms with Crippen molar-refractivity contribution in [3.63, 3.8) is 0 Å². The van der Waals surface area contributed by atoms with Gasteiger partial charge in [0, 0.05) is 11.9 Å². The minimum atomic E-state index is -1.18. The Labute approximate surface area is 109 Å². The van der Waals surface area contributed by atoms with Crippen LogP contribution in [-0.2, 0) is 0 Å². The number of carboxylic acid groups (broad SMARTS) is 1. The quantitative estimate of drug-likeness (QED) is 0.883. The van der Waals surface area contributed by atoms with Crippen LogP contribution in [-0.4, -0.2) is 22.0 Å². The largest absolute Gasteiger partial charge is 0.478 e. The lowest BCUT2D eigenvalue weighted by atomic mass is 10.1. The van der Waals surface area contributed by atoms with Crippen LogP contribution >= 0.6 is 0 Å². The van der Waals surface area contributed by atoms with E-state index in [0.717, 1.165) is 5.56 Å². The van der Waals surface area contributed by atoms with E-state index in [2.05, 4.69) is 10.3 Å². The summed E-state index contributed by atoms with van der Waals surface area (Å²) in [6.45, 7) is 1.90. The average Bonchev–Trinajstić information content (AvgIpc) is 2.38. The van der Waals surface area contributed by atoms with Gasteiger partial charge in [0.05, 0.1) is 5.56 Å². The number of hydrogen-bond donors (Lipinski definition) is 2. The third-order valence-electron chi connectivity index (χ3n) is 2.53. The molecule has 0 saturated heterocycles. The number of anilines is 1. The lowest BCUT2D eigenvalue weighted by molar-refractivity contribution is 0.0691. The molecule has 96 valence electrons. The maximum atomic E-state index is 12.0. The summed E-state index contributed by atoms with van der Waals surface area (Å²) in [5.41, 5.74) is 1.38. The van der Waals surface area contributed by atoms with E-state index in [9.17, 15) is 9.59 Å². The fourth-order valence-electron chi connectivity index (χ4n) is 1.67. The molecule has 0 fully saturated rings. The van der Waals surface area contributed by atoms with Gasteiger partial charge in [-0.05, 0) is 36.8 Å². The number of aryl methyl sites for hydroxylation is 1. The number of rotatable bonds is 3. The molecule has 1 aromatic heterocycles. The average molecular weight is 256 g/mol. The molecule has 0 bridgehead atoms. The highest BCUT2D eigenvalue weighted by atomic mass is 16.4. The first-order valence-corrected chi connectivity index (χ1v) is 5.64. The normalized spacial score (nSPS) is 9.95. The Balaban J connectivity index is 2.28. The first-order chi connectivity index (χ1) is 9.08. The molecule has 0 aliphatic rings. The summed E-state index contributed by atoms with van der Waals surface area (Å²) < 4.78 is 0. The number of carboxylic acids is 1. The third kappa shape index (κ3) is 2.95. The molecule has 0 spiro atoms. The second kappa shape index (κ2) is 5.30. The van der Waals surface area contributed by atoms with Crippen LogP contribution in [0.25, 0.3) is 0 Å². The molecular weight excluding hydrogens is 244 g/mol. The Morgan fingerprint density at radius 2 is 2.00 bits per heavy atom. The highest BCUT2D eigenvalue weighted by Crippen LogP contribution is 2.12. The predicted octanol–water partition coefficient (Wildman–Crippen LogP) is 2.34. The number of aromatic carboxylic acids is 1. The van der Waals surface area contributed by atoms with Crippen molar-refractivity contribution < 1.29 is 14.7 Å². The molecule has 0 radical (unpaired) electrons. The number of nitrogens with one attached hydrogen (secondary N) is 1. The highest BCUT2D eigenvalue weighted by molar-refractivity contribution is 6.09. The number of pyridine rings is 1. The number of hydrogen-bond acceptors (Lipinski definition) is 3. The van der Waals surface area contributed by atoms with Gasteiger partial charge in [-0.3, -0.25) is 9.78 Å². The molecule has 5 heteroatoms. The van der Waals surface area contributed by atoms with Gasteiger partial charge in [-0.15, -0.1) is 0 Å². The van der Waals surface area contributed by atoms with E-state index in [4.69, 9.17) is 5.11 Å². The zero-order valence-electron chi connectivity index (χ0n) is 10.3. The second-order valence-corrected chi connectivity index (χ2v) is 4.03. The summed E-state index contributed by atoms with van der Waals surface area (Å²) in [7, 11) is 0. The van der Waals surface area contributed by atoms with Gasteiger partial charge in [0.1, 0.15) is 5.69 Å². The molecule has 1 amide bonds. The van der Waals surface area contributed by atoms with Gasteiger partial charge in [-0.2, -0.15) is 0 Å². The minimum Gasteiger partial charge on any atom is -0.478 e. The molecule has 1 heterocycles. The van der Waals surface area contributed by atoms with E-state index < -0.39 is 11.9 Å². The van der Waals surface area contributed by atoms with Gasteiger partial charge in [0.15, 0.2) is 0 Å². The predicted molar refractivity (Wildman–Crippen MR) is 70.3 cm³/mol. The molecule has 2 rings (SSSR count). The topological polar surface area (TPSA) is 79.3 Å². The number of benzene rings is 1. The van der Waals surface area contributed by atoms with Crippen molar-refractivity contribution in [1.82, 2.24) is 4.98 Å². The van der Waals surface area contributed by atoms with Gasteiger partial charge < -0.3 is 10.4 Å². The molecule has 0 aliphatic heterocycles. The summed E-state index contributed by atoms with van der Waals surface area (Å²) >= 11 is 0. The molecule has 5 nitrogen and oxygen atoms in total. The molecule has 0 unspecified atom stereocenters. The van der Waals surface area contributed by atoms with Gasteiger partial charge in [0.2, 0.25) is 0 Å². The first kappa shape index (κ1) is 12.8. The summed E-state index contributed by atoms with van der Waals surface area (Å²) in [5.74, 6) is -1.72. The van der Waals surface area contributed by atoms with Gasteiger partial charge in [-0.25, -0.2) is 4.79 Å². The summed E-state index contributed by atoms with van der Waals surface area (Å²) in [6, 6.07) is 10.1. The number of nitrogens with zero attached hydrogens (tertiary/aromatic N) is 1. The van der Waals surface area contributed by atoms with Crippen molar-refractivity contribution in [2.75, 3.05) is 5.32 Å². The number of aromatic nitrogens is 1. The Morgan fingerprint density at radius 3 is 2.68 bits per heavy atom. The Morgan fingerprint density at radius 1 is 1.21 bits per heavy atom. The lowest BCUT2D eigenvalue weighted by Crippen LogP contribution is -2.18. The van der Waals surface area contributed by atoms with Crippen LogP contribution in [0.5, 0.6) is 0 Å². The Bertz CT molecular complexity index is 638. The summed E-state index contributed by atoms with van der Waals surface area (Å²) in [5, 5.41) is 11.6. The van der Waals surface area contributed by atoms with Crippen LogP contribution in [0, 0.1) is 6.92 Å². The van der Waals surface area contributed by atoms with Crippen LogP contribution in [0.15, 0.2) is 42.6 Å². The van der Waals surface area contributed by atoms with E-state index in [1.165, 1.54) is 18.3 Å². The van der Waals surface area contributed by atoms with Crippen molar-refractivity contribution in [1.29, 1.82) is 0 Å². The highest BCUT2D eigenvalue weighted by Gasteiger charge is 2.17. The zero-order valence-corrected chi connectivity index (χ0v) is 10.3. The van der Waals surface area contributed by atoms with Gasteiger partial charge >= 0.3 is 5.97 Å². The van der Waals surface area contributed by atoms with Crippen molar-refractivity contribution in [3.05, 3.63) is 59.4 Å². The Hall–Kier alpha value is -2.69. The molecule has 2 N–H and O–H groups in total. The molecule has 0 aliphatic carbocycles. The van der Waals surface area contributed by atoms with Gasteiger partial charge in [-0.1, -0.05) is 12.1 Å². The van der Waals surface area contributed by atoms with Crippen LogP contribution in [0.1, 0.15) is 26.4 Å². The lowest BCUT2D eigenvalue weighted by Gasteiger charge is -2.07. The van der Waals surface area contributed by atoms with E-state index in [1.54, 1.807) is 12.1 Å². The van der Waals surface area contributed by atoms with Crippen LogP contribution in [0.4, 0.5) is 5.69 Å². The minimum absolute atomic E-state index is 0.100. The first-order valence-electron chi connectivity index (χ1n) is 5.64. The zero-order chi connectivity index (χ0) is 13.8. The standard InChI is InChI=1S/C14H12N2O3/c1-9-4-2-5-10(8-9)16-13(17)12-11(14(18)19)6-3-7-15-12/h2-8H,1H3,(H,16,17)(H,18,19). The maximum absolute atomic E-state index is 12.0. The number of amides is 1. The summed E-state index contributed by atoms with van der Waals surface area (Å²) in [4.78, 5) is 26.9. The summed E-state index contributed by atoms with van der Waals surface area (Å²) in [6.07, 6.45) is 1.39. The SMILES string of the molecule is Cc1cccc(NC(=O)c2ncccc2C(=O)O)c1. The van der Waals surface area contributed by atoms with Crippen molar-refractivity contribution in [2.24, 2.45) is 0 Å². The molecule has 0 saturated carbocycles. The van der Waals surface area contributed by atoms with Gasteiger partial charge in [0.25, 0.3) is 5.91 Å². The molecule has 0 atom stereocenters.